The van der Waals surface area contributed by atoms with E-state index in [4.69, 9.17) is 0 Å². The molecule has 0 unspecified atom stereocenters. The van der Waals surface area contributed by atoms with Crippen molar-refractivity contribution < 1.29 is 31.5 Å². The summed E-state index contributed by atoms with van der Waals surface area (Å²) in [7, 11) is 0. The normalized spacial score (nSPS) is 12.7. The van der Waals surface area contributed by atoms with Crippen LogP contribution in [0.1, 0.15) is 19.8 Å². The van der Waals surface area contributed by atoms with Crippen LogP contribution >= 0.6 is 0 Å². The highest BCUT2D eigenvalue weighted by Gasteiger charge is 2.58. The van der Waals surface area contributed by atoms with E-state index in [0.29, 0.717) is 6.42 Å². The molecule has 0 radical (unpaired) electrons. The largest absolute Gasteiger partial charge is 0.466 e. The van der Waals surface area contributed by atoms with Crippen molar-refractivity contribution in [2.45, 2.75) is 31.9 Å². The molecule has 0 aromatic carbocycles. The van der Waals surface area contributed by atoms with Crippen LogP contribution in [0.25, 0.3) is 0 Å². The molecule has 0 spiro atoms. The Labute approximate surface area is 77.0 Å². The molecular formula is C7H9F5O2. The van der Waals surface area contributed by atoms with Crippen molar-refractivity contribution in [3.05, 3.63) is 0 Å². The molecule has 0 rings (SSSR count). The standard InChI is InChI=1S/C7H9F5O2/c1-2-3-14-5(13)4-6(8,9)7(10,11)12/h2-4H2,1H3. The lowest BCUT2D eigenvalue weighted by molar-refractivity contribution is -0.283. The maximum absolute atomic E-state index is 12.2. The highest BCUT2D eigenvalue weighted by Crippen LogP contribution is 2.38. The second-order valence-electron chi connectivity index (χ2n) is 2.60. The van der Waals surface area contributed by atoms with Crippen molar-refractivity contribution in [1.29, 1.82) is 0 Å². The van der Waals surface area contributed by atoms with Crippen molar-refractivity contribution in [2.75, 3.05) is 6.61 Å². The zero-order chi connectivity index (χ0) is 11.4. The molecule has 0 saturated heterocycles. The van der Waals surface area contributed by atoms with Crippen LogP contribution in [-0.4, -0.2) is 24.7 Å². The van der Waals surface area contributed by atoms with Crippen LogP contribution < -0.4 is 0 Å². The lowest BCUT2D eigenvalue weighted by Gasteiger charge is -2.18. The number of hydrogen-bond acceptors (Lipinski definition) is 2. The number of carbonyl (C=O) groups excluding carboxylic acids is 1. The van der Waals surface area contributed by atoms with Gasteiger partial charge < -0.3 is 4.74 Å². The molecule has 0 bridgehead atoms. The molecule has 2 nitrogen and oxygen atoms in total. The summed E-state index contributed by atoms with van der Waals surface area (Å²) in [5.41, 5.74) is 0. The Morgan fingerprint density at radius 1 is 1.21 bits per heavy atom. The lowest BCUT2D eigenvalue weighted by Crippen LogP contribution is -2.38. The molecule has 0 atom stereocenters. The fourth-order valence-corrected chi connectivity index (χ4v) is 0.548. The highest BCUT2D eigenvalue weighted by molar-refractivity contribution is 5.70. The second kappa shape index (κ2) is 4.56. The van der Waals surface area contributed by atoms with Gasteiger partial charge >= 0.3 is 18.1 Å². The van der Waals surface area contributed by atoms with Crippen LogP contribution in [0, 0.1) is 0 Å². The van der Waals surface area contributed by atoms with Gasteiger partial charge in [-0.1, -0.05) is 6.92 Å². The van der Waals surface area contributed by atoms with E-state index in [-0.39, 0.29) is 6.61 Å². The van der Waals surface area contributed by atoms with Gasteiger partial charge in [-0.3, -0.25) is 4.79 Å². The molecule has 84 valence electrons. The van der Waals surface area contributed by atoms with Gasteiger partial charge in [-0.2, -0.15) is 22.0 Å². The molecule has 0 aliphatic heterocycles. The third-order valence-electron chi connectivity index (χ3n) is 1.25. The number of hydrogen-bond donors (Lipinski definition) is 0. The van der Waals surface area contributed by atoms with Gasteiger partial charge in [0.25, 0.3) is 0 Å². The van der Waals surface area contributed by atoms with Crippen LogP contribution in [0.3, 0.4) is 0 Å². The Balaban J connectivity index is 4.16. The van der Waals surface area contributed by atoms with Crippen molar-refractivity contribution in [1.82, 2.24) is 0 Å². The highest BCUT2D eigenvalue weighted by atomic mass is 19.4. The molecule has 0 aromatic heterocycles. The molecule has 0 aliphatic carbocycles. The zero-order valence-electron chi connectivity index (χ0n) is 7.33. The first-order chi connectivity index (χ1) is 6.20. The van der Waals surface area contributed by atoms with Gasteiger partial charge in [0, 0.05) is 0 Å². The van der Waals surface area contributed by atoms with E-state index < -0.39 is 24.5 Å². The third-order valence-corrected chi connectivity index (χ3v) is 1.25. The molecule has 0 aliphatic rings. The van der Waals surface area contributed by atoms with Crippen molar-refractivity contribution in [2.24, 2.45) is 0 Å². The van der Waals surface area contributed by atoms with Crippen molar-refractivity contribution in [3.63, 3.8) is 0 Å². The molecule has 7 heteroatoms. The van der Waals surface area contributed by atoms with Gasteiger partial charge in [-0.25, -0.2) is 0 Å². The summed E-state index contributed by atoms with van der Waals surface area (Å²) in [6, 6.07) is 0. The van der Waals surface area contributed by atoms with E-state index in [1.807, 2.05) is 0 Å². The van der Waals surface area contributed by atoms with Gasteiger partial charge in [-0.05, 0) is 6.42 Å². The lowest BCUT2D eigenvalue weighted by atomic mass is 10.2. The van der Waals surface area contributed by atoms with Crippen LogP contribution in [-0.2, 0) is 9.53 Å². The molecule has 14 heavy (non-hydrogen) atoms. The smallest absolute Gasteiger partial charge is 0.453 e. The maximum atomic E-state index is 12.2. The SMILES string of the molecule is CCCOC(=O)CC(F)(F)C(F)(F)F. The number of rotatable bonds is 4. The number of ether oxygens (including phenoxy) is 1. The Hall–Kier alpha value is -0.880. The van der Waals surface area contributed by atoms with Crippen LogP contribution in [0.4, 0.5) is 22.0 Å². The monoisotopic (exact) mass is 220 g/mol. The Bertz CT molecular complexity index is 199. The minimum atomic E-state index is -5.71. The predicted molar refractivity (Wildman–Crippen MR) is 36.9 cm³/mol. The zero-order valence-corrected chi connectivity index (χ0v) is 7.33. The number of esters is 1. The van der Waals surface area contributed by atoms with E-state index in [0.717, 1.165) is 0 Å². The number of halogens is 5. The van der Waals surface area contributed by atoms with Gasteiger partial charge in [0.1, 0.15) is 6.42 Å². The van der Waals surface area contributed by atoms with E-state index in [2.05, 4.69) is 4.74 Å². The van der Waals surface area contributed by atoms with Crippen LogP contribution in [0.2, 0.25) is 0 Å². The van der Waals surface area contributed by atoms with E-state index in [1.165, 1.54) is 0 Å². The topological polar surface area (TPSA) is 26.3 Å². The minimum Gasteiger partial charge on any atom is -0.466 e. The third kappa shape index (κ3) is 3.89. The maximum Gasteiger partial charge on any atom is 0.453 e. The van der Waals surface area contributed by atoms with Gasteiger partial charge in [-0.15, -0.1) is 0 Å². The fraction of sp³-hybridized carbons (Fsp3) is 0.857. The second-order valence-corrected chi connectivity index (χ2v) is 2.60. The summed E-state index contributed by atoms with van der Waals surface area (Å²) in [4.78, 5) is 10.5. The van der Waals surface area contributed by atoms with E-state index in [9.17, 15) is 26.7 Å². The molecule has 0 amide bonds. The molecular weight excluding hydrogens is 211 g/mol. The van der Waals surface area contributed by atoms with Gasteiger partial charge in [0.2, 0.25) is 0 Å². The average Bonchev–Trinajstić information content (AvgIpc) is 1.97. The summed E-state index contributed by atoms with van der Waals surface area (Å²) >= 11 is 0. The minimum absolute atomic E-state index is 0.160. The summed E-state index contributed by atoms with van der Waals surface area (Å²) < 4.78 is 63.1. The average molecular weight is 220 g/mol. The van der Waals surface area contributed by atoms with Crippen molar-refractivity contribution in [3.8, 4) is 0 Å². The fourth-order valence-electron chi connectivity index (χ4n) is 0.548. The van der Waals surface area contributed by atoms with Gasteiger partial charge in [0.05, 0.1) is 6.61 Å². The molecule has 0 N–H and O–H groups in total. The first-order valence-corrected chi connectivity index (χ1v) is 3.81. The summed E-state index contributed by atoms with van der Waals surface area (Å²) in [6.07, 6.45) is -7.31. The Kier molecular flexibility index (Phi) is 4.28. The van der Waals surface area contributed by atoms with Gasteiger partial charge in [0.15, 0.2) is 0 Å². The van der Waals surface area contributed by atoms with E-state index in [1.54, 1.807) is 6.92 Å². The number of carbonyl (C=O) groups is 1. The summed E-state index contributed by atoms with van der Waals surface area (Å²) in [5, 5.41) is 0. The molecule has 0 saturated carbocycles. The molecule has 0 aromatic rings. The van der Waals surface area contributed by atoms with Crippen molar-refractivity contribution >= 4 is 5.97 Å². The first kappa shape index (κ1) is 13.1. The Morgan fingerprint density at radius 3 is 2.07 bits per heavy atom. The summed E-state index contributed by atoms with van der Waals surface area (Å²) in [6.45, 7) is 1.43. The Morgan fingerprint density at radius 2 is 1.71 bits per heavy atom. The predicted octanol–water partition coefficient (Wildman–Crippen LogP) is 2.53. The molecule has 0 fully saturated rings. The first-order valence-electron chi connectivity index (χ1n) is 3.81. The number of alkyl halides is 5. The molecule has 0 heterocycles. The van der Waals surface area contributed by atoms with E-state index >= 15 is 0 Å². The van der Waals surface area contributed by atoms with Crippen LogP contribution in [0.15, 0.2) is 0 Å². The quantitative estimate of drug-likeness (QED) is 0.537. The van der Waals surface area contributed by atoms with Crippen LogP contribution in [0.5, 0.6) is 0 Å². The summed E-state index contributed by atoms with van der Waals surface area (Å²) in [5.74, 6) is -6.56.